The van der Waals surface area contributed by atoms with E-state index in [1.54, 1.807) is 0 Å². The summed E-state index contributed by atoms with van der Waals surface area (Å²) in [6.07, 6.45) is 7.88. The molecule has 0 heterocycles. The summed E-state index contributed by atoms with van der Waals surface area (Å²) in [6.45, 7) is 0. The van der Waals surface area contributed by atoms with Crippen LogP contribution >= 0.6 is 0 Å². The van der Waals surface area contributed by atoms with E-state index in [9.17, 15) is 0 Å². The van der Waals surface area contributed by atoms with Gasteiger partial charge in [0.05, 0.1) is 11.3 Å². The third kappa shape index (κ3) is 2.76. The number of nitriles is 1. The number of rotatable bonds is 2. The molecule has 0 spiro atoms. The summed E-state index contributed by atoms with van der Waals surface area (Å²) in [4.78, 5) is 2.32. The molecule has 1 aromatic rings. The first kappa shape index (κ1) is 12.8. The van der Waals surface area contributed by atoms with Crippen molar-refractivity contribution in [2.75, 3.05) is 17.7 Å². The van der Waals surface area contributed by atoms with Gasteiger partial charge in [0.2, 0.25) is 0 Å². The number of benzene rings is 1. The Morgan fingerprint density at radius 1 is 1.22 bits per heavy atom. The fraction of sp³-hybridized carbons (Fsp3) is 0.533. The summed E-state index contributed by atoms with van der Waals surface area (Å²) in [7, 11) is 2.14. The molecule has 0 saturated heterocycles. The number of nitrogens with two attached hydrogens (primary N) is 1. The quantitative estimate of drug-likeness (QED) is 0.640. The number of anilines is 2. The highest BCUT2D eigenvalue weighted by Gasteiger charge is 2.17. The third-order valence-electron chi connectivity index (χ3n) is 3.94. The molecular weight excluding hydrogens is 222 g/mol. The zero-order chi connectivity index (χ0) is 13.0. The summed E-state index contributed by atoms with van der Waals surface area (Å²) in [6, 6.07) is 8.46. The second kappa shape index (κ2) is 5.77. The van der Waals surface area contributed by atoms with Crippen LogP contribution in [0, 0.1) is 11.3 Å². The van der Waals surface area contributed by atoms with Crippen molar-refractivity contribution in [1.82, 2.24) is 0 Å². The number of nitrogen functional groups attached to an aromatic ring is 1. The van der Waals surface area contributed by atoms with Gasteiger partial charge in [-0.25, -0.2) is 0 Å². The van der Waals surface area contributed by atoms with Crippen LogP contribution in [0.4, 0.5) is 11.4 Å². The van der Waals surface area contributed by atoms with Crippen molar-refractivity contribution < 1.29 is 0 Å². The highest BCUT2D eigenvalue weighted by Crippen LogP contribution is 2.27. The van der Waals surface area contributed by atoms with Gasteiger partial charge in [0.15, 0.2) is 0 Å². The number of nitrogens with zero attached hydrogens (tertiary/aromatic N) is 2. The van der Waals surface area contributed by atoms with Crippen molar-refractivity contribution in [3.63, 3.8) is 0 Å². The van der Waals surface area contributed by atoms with E-state index in [0.29, 0.717) is 17.3 Å². The maximum absolute atomic E-state index is 8.89. The standard InChI is InChI=1S/C15H21N3/c1-18(13-6-4-2-3-5-7-13)14-9-8-12(11-16)15(17)10-14/h8-10,13H,2-7,17H2,1H3. The smallest absolute Gasteiger partial charge is 0.101 e. The van der Waals surface area contributed by atoms with Crippen LogP contribution in [0.3, 0.4) is 0 Å². The molecule has 0 bridgehead atoms. The van der Waals surface area contributed by atoms with E-state index in [-0.39, 0.29) is 0 Å². The molecule has 2 rings (SSSR count). The van der Waals surface area contributed by atoms with Crippen molar-refractivity contribution in [1.29, 1.82) is 5.26 Å². The Labute approximate surface area is 109 Å². The van der Waals surface area contributed by atoms with Crippen LogP contribution in [-0.2, 0) is 0 Å². The Bertz CT molecular complexity index is 440. The summed E-state index contributed by atoms with van der Waals surface area (Å²) in [5, 5.41) is 8.89. The molecule has 1 aromatic carbocycles. The molecule has 0 radical (unpaired) electrons. The predicted molar refractivity (Wildman–Crippen MR) is 75.5 cm³/mol. The lowest BCUT2D eigenvalue weighted by Crippen LogP contribution is -2.31. The Kier molecular flexibility index (Phi) is 4.09. The SMILES string of the molecule is CN(c1ccc(C#N)c(N)c1)C1CCCCCC1. The van der Waals surface area contributed by atoms with E-state index in [2.05, 4.69) is 18.0 Å². The Morgan fingerprint density at radius 2 is 1.89 bits per heavy atom. The van der Waals surface area contributed by atoms with E-state index >= 15 is 0 Å². The van der Waals surface area contributed by atoms with E-state index in [0.717, 1.165) is 5.69 Å². The fourth-order valence-corrected chi connectivity index (χ4v) is 2.73. The van der Waals surface area contributed by atoms with E-state index in [1.165, 1.54) is 38.5 Å². The normalized spacial score (nSPS) is 16.9. The van der Waals surface area contributed by atoms with Crippen LogP contribution in [0.2, 0.25) is 0 Å². The minimum atomic E-state index is 0.563. The zero-order valence-corrected chi connectivity index (χ0v) is 11.0. The zero-order valence-electron chi connectivity index (χ0n) is 11.0. The molecule has 0 aromatic heterocycles. The van der Waals surface area contributed by atoms with Crippen molar-refractivity contribution in [2.24, 2.45) is 0 Å². The molecule has 2 N–H and O–H groups in total. The molecular formula is C15H21N3. The van der Waals surface area contributed by atoms with Gasteiger partial charge in [-0.05, 0) is 31.0 Å². The highest BCUT2D eigenvalue weighted by molar-refractivity contribution is 5.63. The van der Waals surface area contributed by atoms with Gasteiger partial charge in [-0.15, -0.1) is 0 Å². The summed E-state index contributed by atoms with van der Waals surface area (Å²) in [5.41, 5.74) is 8.15. The van der Waals surface area contributed by atoms with Gasteiger partial charge in [0.1, 0.15) is 6.07 Å². The van der Waals surface area contributed by atoms with Crippen LogP contribution < -0.4 is 10.6 Å². The van der Waals surface area contributed by atoms with Crippen LogP contribution in [0.25, 0.3) is 0 Å². The molecule has 0 unspecified atom stereocenters. The second-order valence-corrected chi connectivity index (χ2v) is 5.14. The maximum atomic E-state index is 8.89. The third-order valence-corrected chi connectivity index (χ3v) is 3.94. The van der Waals surface area contributed by atoms with Crippen molar-refractivity contribution in [3.8, 4) is 6.07 Å². The van der Waals surface area contributed by atoms with Gasteiger partial charge in [0, 0.05) is 18.8 Å². The average molecular weight is 243 g/mol. The van der Waals surface area contributed by atoms with Gasteiger partial charge in [-0.1, -0.05) is 25.7 Å². The average Bonchev–Trinajstić information content (AvgIpc) is 2.66. The second-order valence-electron chi connectivity index (χ2n) is 5.14. The highest BCUT2D eigenvalue weighted by atomic mass is 15.1. The molecule has 1 aliphatic carbocycles. The van der Waals surface area contributed by atoms with E-state index in [1.807, 2.05) is 18.2 Å². The maximum Gasteiger partial charge on any atom is 0.101 e. The van der Waals surface area contributed by atoms with E-state index in [4.69, 9.17) is 11.0 Å². The Balaban J connectivity index is 2.15. The van der Waals surface area contributed by atoms with Crippen LogP contribution in [-0.4, -0.2) is 13.1 Å². The largest absolute Gasteiger partial charge is 0.398 e. The summed E-state index contributed by atoms with van der Waals surface area (Å²) in [5.74, 6) is 0. The molecule has 18 heavy (non-hydrogen) atoms. The Hall–Kier alpha value is -1.69. The molecule has 1 saturated carbocycles. The molecule has 3 heteroatoms. The van der Waals surface area contributed by atoms with Gasteiger partial charge in [-0.3, -0.25) is 0 Å². The van der Waals surface area contributed by atoms with Crippen molar-refractivity contribution in [2.45, 2.75) is 44.6 Å². The fourth-order valence-electron chi connectivity index (χ4n) is 2.73. The van der Waals surface area contributed by atoms with Gasteiger partial charge >= 0.3 is 0 Å². The predicted octanol–water partition coefficient (Wildman–Crippen LogP) is 3.30. The lowest BCUT2D eigenvalue weighted by molar-refractivity contribution is 0.553. The molecule has 0 atom stereocenters. The number of hydrogen-bond donors (Lipinski definition) is 1. The monoisotopic (exact) mass is 243 g/mol. The van der Waals surface area contributed by atoms with E-state index < -0.39 is 0 Å². The lowest BCUT2D eigenvalue weighted by atomic mass is 10.1. The topological polar surface area (TPSA) is 53.0 Å². The summed E-state index contributed by atoms with van der Waals surface area (Å²) < 4.78 is 0. The van der Waals surface area contributed by atoms with Gasteiger partial charge in [-0.2, -0.15) is 5.26 Å². The molecule has 96 valence electrons. The molecule has 1 aliphatic rings. The Morgan fingerprint density at radius 3 is 2.44 bits per heavy atom. The van der Waals surface area contributed by atoms with Gasteiger partial charge < -0.3 is 10.6 Å². The molecule has 1 fully saturated rings. The summed E-state index contributed by atoms with van der Waals surface area (Å²) >= 11 is 0. The number of hydrogen-bond acceptors (Lipinski definition) is 3. The first-order valence-electron chi connectivity index (χ1n) is 6.75. The first-order valence-corrected chi connectivity index (χ1v) is 6.75. The van der Waals surface area contributed by atoms with Crippen molar-refractivity contribution >= 4 is 11.4 Å². The molecule has 0 aliphatic heterocycles. The molecule has 0 amide bonds. The molecule has 3 nitrogen and oxygen atoms in total. The van der Waals surface area contributed by atoms with Crippen LogP contribution in [0.1, 0.15) is 44.1 Å². The lowest BCUT2D eigenvalue weighted by Gasteiger charge is -2.29. The van der Waals surface area contributed by atoms with Crippen molar-refractivity contribution in [3.05, 3.63) is 23.8 Å². The first-order chi connectivity index (χ1) is 8.72. The minimum absolute atomic E-state index is 0.563. The van der Waals surface area contributed by atoms with Crippen LogP contribution in [0.5, 0.6) is 0 Å². The van der Waals surface area contributed by atoms with Gasteiger partial charge in [0.25, 0.3) is 0 Å². The van der Waals surface area contributed by atoms with Crippen LogP contribution in [0.15, 0.2) is 18.2 Å². The minimum Gasteiger partial charge on any atom is -0.398 e.